The molecule has 10 aromatic carbocycles. The molecule has 2 aliphatic rings. The van der Waals surface area contributed by atoms with E-state index in [0.29, 0.717) is 0 Å². The minimum Gasteiger partial charge on any atom is -0.310 e. The highest BCUT2D eigenvalue weighted by Crippen LogP contribution is 2.65. The van der Waals surface area contributed by atoms with Crippen LogP contribution in [0.1, 0.15) is 22.3 Å². The van der Waals surface area contributed by atoms with Gasteiger partial charge in [-0.15, -0.1) is 0 Å². The van der Waals surface area contributed by atoms with Crippen molar-refractivity contribution in [1.82, 2.24) is 0 Å². The van der Waals surface area contributed by atoms with Gasteiger partial charge in [-0.25, -0.2) is 0 Å². The van der Waals surface area contributed by atoms with Crippen LogP contribution in [-0.4, -0.2) is 0 Å². The third-order valence-electron chi connectivity index (χ3n) is 13.3. The van der Waals surface area contributed by atoms with Gasteiger partial charge >= 0.3 is 0 Å². The third kappa shape index (κ3) is 6.28. The average Bonchev–Trinajstić information content (AvgIpc) is 3.84. The molecular weight excluding hydrogens is 839 g/mol. The molecule has 0 bridgehead atoms. The fourth-order valence-corrected chi connectivity index (χ4v) is 11.5. The molecular formula is C61H37N3S2. The Labute approximate surface area is 392 Å². The summed E-state index contributed by atoms with van der Waals surface area (Å²) >= 11 is 2.38. The highest BCUT2D eigenvalue weighted by molar-refractivity contribution is 8.04. The second kappa shape index (κ2) is 16.2. The van der Waals surface area contributed by atoms with Crippen molar-refractivity contribution >= 4 is 51.4 Å². The number of nitrogens with zero attached hydrogens (tertiary/aromatic N) is 3. The van der Waals surface area contributed by atoms with E-state index in [4.69, 9.17) is 0 Å². The van der Waals surface area contributed by atoms with E-state index in [0.717, 1.165) is 93.3 Å². The van der Waals surface area contributed by atoms with Crippen LogP contribution < -0.4 is 4.90 Å². The van der Waals surface area contributed by atoms with Crippen LogP contribution in [-0.2, 0) is 5.41 Å². The molecule has 0 radical (unpaired) electrons. The zero-order valence-corrected chi connectivity index (χ0v) is 37.2. The third-order valence-corrected chi connectivity index (χ3v) is 14.5. The van der Waals surface area contributed by atoms with Crippen molar-refractivity contribution in [2.45, 2.75) is 15.2 Å². The lowest BCUT2D eigenvalue weighted by molar-refractivity contribution is 0.790. The van der Waals surface area contributed by atoms with Crippen molar-refractivity contribution in [2.24, 2.45) is 0 Å². The maximum Gasteiger partial charge on any atom is 0.138 e. The SMILES string of the molecule is N#CSc1ccc2c(c1)C1(c3ccccc3-2)c2cc(SC#N)ccc2-c2cccc(-c3cc(N(c4ccc(-c5ccccc5)cc4)c4cccc(-c5ccccc5)c4)cc4ccccc34)c21. The standard InChI is InChI=1S/C61H37N3S2/c62-38-65-48-29-31-52-51-21-9-10-24-57(51)61(58(52)36-48)59-37-49(66-39-63)30-32-53(59)54-22-12-23-55(60(54)61)56-35-47(34-44-17-7-8-20-50(44)56)64(45-27-25-42(26-28-45)40-13-3-1-4-14-40)46-19-11-18-43(33-46)41-15-5-2-6-16-41/h1-37H. The molecule has 0 saturated heterocycles. The highest BCUT2D eigenvalue weighted by Gasteiger charge is 2.53. The molecule has 2 aliphatic carbocycles. The smallest absolute Gasteiger partial charge is 0.138 e. The highest BCUT2D eigenvalue weighted by atomic mass is 32.2. The van der Waals surface area contributed by atoms with Crippen molar-refractivity contribution in [1.29, 1.82) is 10.5 Å². The summed E-state index contributed by atoms with van der Waals surface area (Å²) in [6, 6.07) is 80.9. The molecule has 12 rings (SSSR count). The zero-order chi connectivity index (χ0) is 44.2. The van der Waals surface area contributed by atoms with Gasteiger partial charge in [0.1, 0.15) is 10.8 Å². The van der Waals surface area contributed by atoms with Crippen LogP contribution in [0.3, 0.4) is 0 Å². The van der Waals surface area contributed by atoms with E-state index in [1.165, 1.54) is 45.8 Å². The van der Waals surface area contributed by atoms with Crippen LogP contribution in [0, 0.1) is 21.3 Å². The van der Waals surface area contributed by atoms with Crippen molar-refractivity contribution in [3.8, 4) is 66.4 Å². The van der Waals surface area contributed by atoms with E-state index < -0.39 is 5.41 Å². The predicted octanol–water partition coefficient (Wildman–Crippen LogP) is 16.8. The monoisotopic (exact) mass is 875 g/mol. The lowest BCUT2D eigenvalue weighted by Crippen LogP contribution is -2.27. The van der Waals surface area contributed by atoms with Gasteiger partial charge in [-0.3, -0.25) is 0 Å². The molecule has 308 valence electrons. The number of rotatable bonds is 8. The summed E-state index contributed by atoms with van der Waals surface area (Å²) in [5.74, 6) is 0. The van der Waals surface area contributed by atoms with Gasteiger partial charge in [0.25, 0.3) is 0 Å². The van der Waals surface area contributed by atoms with Gasteiger partial charge in [-0.2, -0.15) is 10.5 Å². The Balaban J connectivity index is 1.14. The lowest BCUT2D eigenvalue weighted by Gasteiger charge is -2.33. The van der Waals surface area contributed by atoms with Crippen LogP contribution >= 0.6 is 23.5 Å². The van der Waals surface area contributed by atoms with E-state index >= 15 is 0 Å². The number of hydrogen-bond acceptors (Lipinski definition) is 5. The molecule has 0 N–H and O–H groups in total. The Hall–Kier alpha value is -8.06. The Morgan fingerprint density at radius 3 is 1.58 bits per heavy atom. The number of anilines is 3. The quantitative estimate of drug-likeness (QED) is 0.112. The topological polar surface area (TPSA) is 50.8 Å². The van der Waals surface area contributed by atoms with Gasteiger partial charge in [0.2, 0.25) is 0 Å². The lowest BCUT2D eigenvalue weighted by atomic mass is 9.68. The fourth-order valence-electron chi connectivity index (χ4n) is 10.6. The molecule has 0 heterocycles. The van der Waals surface area contributed by atoms with Gasteiger partial charge in [0, 0.05) is 26.9 Å². The Morgan fingerprint density at radius 1 is 0.348 bits per heavy atom. The minimum atomic E-state index is -0.737. The molecule has 0 fully saturated rings. The number of benzene rings is 10. The van der Waals surface area contributed by atoms with Crippen LogP contribution in [0.15, 0.2) is 234 Å². The molecule has 1 atom stereocenters. The number of fused-ring (bicyclic) bond motifs is 11. The van der Waals surface area contributed by atoms with Crippen LogP contribution in [0.2, 0.25) is 0 Å². The Bertz CT molecular complexity index is 3600. The Kier molecular flexibility index (Phi) is 9.69. The number of hydrogen-bond donors (Lipinski definition) is 0. The second-order valence-electron chi connectivity index (χ2n) is 16.7. The number of thioether (sulfide) groups is 2. The molecule has 5 heteroatoms. The first-order valence-corrected chi connectivity index (χ1v) is 23.6. The van der Waals surface area contributed by atoms with Gasteiger partial charge in [-0.05, 0) is 173 Å². The summed E-state index contributed by atoms with van der Waals surface area (Å²) in [4.78, 5) is 4.19. The normalized spacial score (nSPS) is 13.9. The van der Waals surface area contributed by atoms with E-state index in [2.05, 4.69) is 240 Å². The first kappa shape index (κ1) is 39.5. The number of thiocyanates is 2. The number of nitriles is 2. The van der Waals surface area contributed by atoms with E-state index in [1.807, 2.05) is 0 Å². The maximum absolute atomic E-state index is 9.95. The zero-order valence-electron chi connectivity index (χ0n) is 35.5. The second-order valence-corrected chi connectivity index (χ2v) is 18.4. The van der Waals surface area contributed by atoms with Crippen molar-refractivity contribution in [3.05, 3.63) is 247 Å². The summed E-state index contributed by atoms with van der Waals surface area (Å²) in [6.07, 6.45) is 0. The molecule has 66 heavy (non-hydrogen) atoms. The summed E-state index contributed by atoms with van der Waals surface area (Å²) in [5.41, 5.74) is 18.6. The van der Waals surface area contributed by atoms with Gasteiger partial charge in [-0.1, -0.05) is 164 Å². The largest absolute Gasteiger partial charge is 0.310 e. The van der Waals surface area contributed by atoms with E-state index in [9.17, 15) is 10.5 Å². The van der Waals surface area contributed by atoms with Gasteiger partial charge < -0.3 is 4.90 Å². The van der Waals surface area contributed by atoms with E-state index in [-0.39, 0.29) is 0 Å². The molecule has 0 aliphatic heterocycles. The van der Waals surface area contributed by atoms with Crippen molar-refractivity contribution in [3.63, 3.8) is 0 Å². The summed E-state index contributed by atoms with van der Waals surface area (Å²) in [5, 5.41) is 26.9. The molecule has 1 spiro atoms. The summed E-state index contributed by atoms with van der Waals surface area (Å²) in [6.45, 7) is 0. The fraction of sp³-hybridized carbons (Fsp3) is 0.0164. The molecule has 0 saturated carbocycles. The van der Waals surface area contributed by atoms with Crippen molar-refractivity contribution in [2.75, 3.05) is 4.90 Å². The van der Waals surface area contributed by atoms with Crippen molar-refractivity contribution < 1.29 is 0 Å². The summed E-state index contributed by atoms with van der Waals surface area (Å²) < 4.78 is 0. The van der Waals surface area contributed by atoms with Gasteiger partial charge in [0.15, 0.2) is 0 Å². The Morgan fingerprint density at radius 2 is 0.879 bits per heavy atom. The minimum absolute atomic E-state index is 0.737. The molecule has 0 amide bonds. The van der Waals surface area contributed by atoms with Gasteiger partial charge in [0.05, 0.1) is 5.41 Å². The first-order valence-electron chi connectivity index (χ1n) is 21.9. The summed E-state index contributed by atoms with van der Waals surface area (Å²) in [7, 11) is 0. The maximum atomic E-state index is 9.95. The van der Waals surface area contributed by atoms with Crippen LogP contribution in [0.4, 0.5) is 17.1 Å². The van der Waals surface area contributed by atoms with Crippen LogP contribution in [0.5, 0.6) is 0 Å². The average molecular weight is 876 g/mol. The molecule has 10 aromatic rings. The predicted molar refractivity (Wildman–Crippen MR) is 274 cm³/mol. The first-order chi connectivity index (χ1) is 32.6. The van der Waals surface area contributed by atoms with Crippen LogP contribution in [0.25, 0.3) is 66.4 Å². The molecule has 0 aromatic heterocycles. The molecule has 3 nitrogen and oxygen atoms in total. The van der Waals surface area contributed by atoms with E-state index in [1.54, 1.807) is 0 Å². The molecule has 1 unspecified atom stereocenters.